The van der Waals surface area contributed by atoms with Crippen LogP contribution >= 0.6 is 0 Å². The minimum atomic E-state index is -0.872. The normalized spacial score (nSPS) is 13.8. The van der Waals surface area contributed by atoms with Gasteiger partial charge in [0.2, 0.25) is 0 Å². The lowest BCUT2D eigenvalue weighted by atomic mass is 9.95. The molecule has 5 nitrogen and oxygen atoms in total. The maximum absolute atomic E-state index is 11.1. The molecule has 1 aromatic carbocycles. The Kier molecular flexibility index (Phi) is 6.48. The minimum Gasteiger partial charge on any atom is -0.494 e. The van der Waals surface area contributed by atoms with Gasteiger partial charge in [-0.05, 0) is 50.9 Å². The van der Waals surface area contributed by atoms with Crippen LogP contribution in [0.15, 0.2) is 24.3 Å². The molecule has 0 aliphatic heterocycles. The molecule has 0 aliphatic rings. The second kappa shape index (κ2) is 7.87. The molecule has 0 amide bonds. The summed E-state index contributed by atoms with van der Waals surface area (Å²) >= 11 is 0. The highest BCUT2D eigenvalue weighted by atomic mass is 16.5. The van der Waals surface area contributed by atoms with Crippen LogP contribution in [0, 0.1) is 0 Å². The van der Waals surface area contributed by atoms with Crippen molar-refractivity contribution >= 4 is 5.97 Å². The number of benzene rings is 1. The molecule has 1 unspecified atom stereocenters. The molecule has 20 heavy (non-hydrogen) atoms. The number of rotatable bonds is 9. The van der Waals surface area contributed by atoms with Gasteiger partial charge in [-0.2, -0.15) is 0 Å². The minimum absolute atomic E-state index is 0.0259. The summed E-state index contributed by atoms with van der Waals surface area (Å²) in [4.78, 5) is 11.1. The van der Waals surface area contributed by atoms with Gasteiger partial charge in [0.25, 0.3) is 0 Å². The molecule has 0 aliphatic carbocycles. The van der Waals surface area contributed by atoms with E-state index >= 15 is 0 Å². The lowest BCUT2D eigenvalue weighted by Gasteiger charge is -2.23. The molecule has 5 heteroatoms. The first kappa shape index (κ1) is 16.5. The Balaban J connectivity index is 2.26. The van der Waals surface area contributed by atoms with Crippen molar-refractivity contribution in [2.45, 2.75) is 38.3 Å². The van der Waals surface area contributed by atoms with Gasteiger partial charge in [0.1, 0.15) is 11.3 Å². The van der Waals surface area contributed by atoms with E-state index in [4.69, 9.17) is 14.9 Å². The molecule has 0 saturated heterocycles. The number of hydrogen-bond acceptors (Lipinski definition) is 4. The quantitative estimate of drug-likeness (QED) is 0.601. The topological polar surface area (TPSA) is 78.8 Å². The Morgan fingerprint density at radius 2 is 1.95 bits per heavy atom. The Hall–Kier alpha value is -1.59. The van der Waals surface area contributed by atoms with Crippen molar-refractivity contribution in [3.8, 4) is 5.75 Å². The van der Waals surface area contributed by atoms with Crippen molar-refractivity contribution in [1.29, 1.82) is 0 Å². The van der Waals surface area contributed by atoms with E-state index in [0.29, 0.717) is 13.0 Å². The van der Waals surface area contributed by atoms with Crippen molar-refractivity contribution in [2.75, 3.05) is 13.7 Å². The van der Waals surface area contributed by atoms with Crippen molar-refractivity contribution in [3.05, 3.63) is 29.8 Å². The second-order valence-corrected chi connectivity index (χ2v) is 4.99. The van der Waals surface area contributed by atoms with Crippen molar-refractivity contribution < 1.29 is 19.7 Å². The Morgan fingerprint density at radius 1 is 1.30 bits per heavy atom. The van der Waals surface area contributed by atoms with E-state index in [1.54, 1.807) is 14.0 Å². The Morgan fingerprint density at radius 3 is 2.45 bits per heavy atom. The van der Waals surface area contributed by atoms with Crippen LogP contribution in [0.25, 0.3) is 0 Å². The van der Waals surface area contributed by atoms with E-state index in [9.17, 15) is 4.79 Å². The second-order valence-electron chi connectivity index (χ2n) is 4.99. The molecule has 0 bridgehead atoms. The molecule has 0 heterocycles. The third kappa shape index (κ3) is 4.83. The van der Waals surface area contributed by atoms with Gasteiger partial charge >= 0.3 is 5.97 Å². The third-order valence-corrected chi connectivity index (χ3v) is 3.47. The van der Waals surface area contributed by atoms with Crippen molar-refractivity contribution in [2.24, 2.45) is 0 Å². The number of unbranched alkanes of at least 4 members (excludes halogenated alkanes) is 1. The highest BCUT2D eigenvalue weighted by Crippen LogP contribution is 2.15. The number of likely N-dealkylation sites (N-methyl/N-ethyl adjacent to an activating group) is 1. The number of hydrogen-bond donors (Lipinski definition) is 3. The lowest BCUT2D eigenvalue weighted by Crippen LogP contribution is -2.47. The van der Waals surface area contributed by atoms with Crippen LogP contribution in [0.2, 0.25) is 0 Å². The summed E-state index contributed by atoms with van der Waals surface area (Å²) < 4.78 is 5.56. The third-order valence-electron chi connectivity index (χ3n) is 3.47. The molecular formula is C15H23NO4. The number of nitrogens with one attached hydrogen (secondary N) is 1. The Labute approximate surface area is 119 Å². The fourth-order valence-corrected chi connectivity index (χ4v) is 1.80. The SMILES string of the molecule is CNC(C)(CCCCOc1ccc(CO)cc1)C(=O)O. The molecule has 0 spiro atoms. The number of carboxylic acid groups (broad SMARTS) is 1. The van der Waals surface area contributed by atoms with Gasteiger partial charge in [-0.1, -0.05) is 12.1 Å². The zero-order chi connectivity index (χ0) is 15.0. The molecule has 1 rings (SSSR count). The fraction of sp³-hybridized carbons (Fsp3) is 0.533. The maximum atomic E-state index is 11.1. The summed E-state index contributed by atoms with van der Waals surface area (Å²) in [5.74, 6) is -0.0719. The van der Waals surface area contributed by atoms with E-state index in [2.05, 4.69) is 5.32 Å². The van der Waals surface area contributed by atoms with Gasteiger partial charge in [-0.3, -0.25) is 4.79 Å². The van der Waals surface area contributed by atoms with Crippen LogP contribution in [0.1, 0.15) is 31.7 Å². The van der Waals surface area contributed by atoms with Gasteiger partial charge in [-0.25, -0.2) is 0 Å². The largest absolute Gasteiger partial charge is 0.494 e. The van der Waals surface area contributed by atoms with Crippen LogP contribution in [-0.4, -0.2) is 35.4 Å². The van der Waals surface area contributed by atoms with Crippen LogP contribution in [0.5, 0.6) is 5.75 Å². The van der Waals surface area contributed by atoms with E-state index in [1.165, 1.54) is 0 Å². The summed E-state index contributed by atoms with van der Waals surface area (Å²) in [5, 5.41) is 20.9. The van der Waals surface area contributed by atoms with Crippen molar-refractivity contribution in [1.82, 2.24) is 5.32 Å². The zero-order valence-corrected chi connectivity index (χ0v) is 12.1. The van der Waals surface area contributed by atoms with E-state index in [0.717, 1.165) is 24.2 Å². The first-order chi connectivity index (χ1) is 9.51. The molecule has 1 atom stereocenters. The number of ether oxygens (including phenoxy) is 1. The smallest absolute Gasteiger partial charge is 0.323 e. The van der Waals surface area contributed by atoms with E-state index in [1.807, 2.05) is 24.3 Å². The first-order valence-electron chi connectivity index (χ1n) is 6.77. The number of aliphatic hydroxyl groups excluding tert-OH is 1. The average molecular weight is 281 g/mol. The van der Waals surface area contributed by atoms with Crippen LogP contribution in [-0.2, 0) is 11.4 Å². The maximum Gasteiger partial charge on any atom is 0.323 e. The van der Waals surface area contributed by atoms with Crippen LogP contribution in [0.3, 0.4) is 0 Å². The number of aliphatic hydroxyl groups is 1. The number of aliphatic carboxylic acids is 1. The summed E-state index contributed by atoms with van der Waals surface area (Å²) in [6.07, 6.45) is 2.14. The standard InChI is InChI=1S/C15H23NO4/c1-15(16-2,14(18)19)9-3-4-10-20-13-7-5-12(11-17)6-8-13/h5-8,16-17H,3-4,9-11H2,1-2H3,(H,18,19). The summed E-state index contributed by atoms with van der Waals surface area (Å²) in [6, 6.07) is 7.27. The monoisotopic (exact) mass is 281 g/mol. The van der Waals surface area contributed by atoms with Gasteiger partial charge in [-0.15, -0.1) is 0 Å². The molecule has 3 N–H and O–H groups in total. The summed E-state index contributed by atoms with van der Waals surface area (Å²) in [5.41, 5.74) is -0.0217. The van der Waals surface area contributed by atoms with Crippen LogP contribution < -0.4 is 10.1 Å². The average Bonchev–Trinajstić information content (AvgIpc) is 2.47. The number of carboxylic acids is 1. The van der Waals surface area contributed by atoms with Gasteiger partial charge in [0.15, 0.2) is 0 Å². The molecule has 0 radical (unpaired) electrons. The van der Waals surface area contributed by atoms with Crippen LogP contribution in [0.4, 0.5) is 0 Å². The lowest BCUT2D eigenvalue weighted by molar-refractivity contribution is -0.144. The predicted octanol–water partition coefficient (Wildman–Crippen LogP) is 1.79. The van der Waals surface area contributed by atoms with Gasteiger partial charge in [0.05, 0.1) is 13.2 Å². The highest BCUT2D eigenvalue weighted by molar-refractivity contribution is 5.78. The summed E-state index contributed by atoms with van der Waals surface area (Å²) in [6.45, 7) is 2.26. The molecule has 112 valence electrons. The number of carbonyl (C=O) groups is 1. The van der Waals surface area contributed by atoms with E-state index in [-0.39, 0.29) is 6.61 Å². The molecular weight excluding hydrogens is 258 g/mol. The van der Waals surface area contributed by atoms with Gasteiger partial charge in [0, 0.05) is 0 Å². The molecule has 0 fully saturated rings. The molecule has 1 aromatic rings. The Bertz CT molecular complexity index is 418. The molecule has 0 saturated carbocycles. The van der Waals surface area contributed by atoms with Crippen molar-refractivity contribution in [3.63, 3.8) is 0 Å². The summed E-state index contributed by atoms with van der Waals surface area (Å²) in [7, 11) is 1.66. The highest BCUT2D eigenvalue weighted by Gasteiger charge is 2.29. The van der Waals surface area contributed by atoms with E-state index < -0.39 is 11.5 Å². The zero-order valence-electron chi connectivity index (χ0n) is 12.1. The fourth-order valence-electron chi connectivity index (χ4n) is 1.80. The molecule has 0 aromatic heterocycles. The first-order valence-corrected chi connectivity index (χ1v) is 6.77. The van der Waals surface area contributed by atoms with Gasteiger partial charge < -0.3 is 20.3 Å². The predicted molar refractivity (Wildman–Crippen MR) is 76.8 cm³/mol.